The quantitative estimate of drug-likeness (QED) is 0.553. The van der Waals surface area contributed by atoms with Gasteiger partial charge in [-0.1, -0.05) is 13.8 Å². The maximum atomic E-state index is 3.93. The molecule has 0 spiro atoms. The molecule has 1 atom stereocenters. The summed E-state index contributed by atoms with van der Waals surface area (Å²) in [5.41, 5.74) is 1.84. The van der Waals surface area contributed by atoms with Crippen LogP contribution in [0.25, 0.3) is 0 Å². The molecule has 0 N–H and O–H groups in total. The fourth-order valence-corrected chi connectivity index (χ4v) is 0.901. The van der Waals surface area contributed by atoms with E-state index in [2.05, 4.69) is 37.3 Å². The number of rotatable bonds is 4. The topological polar surface area (TPSA) is 24.7 Å². The average Bonchev–Trinajstić information content (AvgIpc) is 2.05. The Bertz CT molecular complexity index is 180. The first kappa shape index (κ1) is 10.1. The van der Waals surface area contributed by atoms with Crippen molar-refractivity contribution in [2.24, 2.45) is 15.9 Å². The van der Waals surface area contributed by atoms with Crippen LogP contribution in [-0.4, -0.2) is 13.4 Å². The molecule has 11 heavy (non-hydrogen) atoms. The molecule has 0 bridgehead atoms. The predicted octanol–water partition coefficient (Wildman–Crippen LogP) is 2.67. The number of nitrogens with zero attached hydrogens (tertiary/aromatic N) is 2. The van der Waals surface area contributed by atoms with Crippen molar-refractivity contribution in [3.05, 3.63) is 11.4 Å². The molecular weight excluding hydrogens is 136 g/mol. The van der Waals surface area contributed by atoms with Gasteiger partial charge in [0.05, 0.1) is 11.4 Å². The van der Waals surface area contributed by atoms with E-state index < -0.39 is 0 Å². The van der Waals surface area contributed by atoms with Crippen LogP contribution in [0.4, 0.5) is 0 Å². The zero-order valence-corrected chi connectivity index (χ0v) is 7.59. The number of allylic oxidation sites excluding steroid dienone is 2. The largest absolute Gasteiger partial charge is 0.267 e. The predicted molar refractivity (Wildman–Crippen MR) is 51.3 cm³/mol. The molecule has 0 aliphatic heterocycles. The minimum atomic E-state index is 0.429. The van der Waals surface area contributed by atoms with Gasteiger partial charge in [-0.05, 0) is 32.7 Å². The number of aliphatic imine (C=N–C) groups is 2. The molecule has 0 saturated carbocycles. The Balaban J connectivity index is 4.63. The third-order valence-electron chi connectivity index (χ3n) is 1.86. The summed E-state index contributed by atoms with van der Waals surface area (Å²) in [5, 5.41) is 0. The summed E-state index contributed by atoms with van der Waals surface area (Å²) in [6.45, 7) is 13.1. The third kappa shape index (κ3) is 2.66. The van der Waals surface area contributed by atoms with Gasteiger partial charge in [0.1, 0.15) is 0 Å². The van der Waals surface area contributed by atoms with E-state index in [0.29, 0.717) is 5.92 Å². The first-order chi connectivity index (χ1) is 5.17. The molecule has 0 aliphatic carbocycles. The number of hydrogen-bond acceptors (Lipinski definition) is 2. The zero-order chi connectivity index (χ0) is 8.85. The summed E-state index contributed by atoms with van der Waals surface area (Å²) in [6, 6.07) is 0. The standard InChI is InChI=1S/C9H16N2/c1-6-7(2)9(11-5)8(3)10-4/h7H,4-6H2,1-3H3/b9-8-. The van der Waals surface area contributed by atoms with Crippen molar-refractivity contribution >= 4 is 13.4 Å². The van der Waals surface area contributed by atoms with Gasteiger partial charge in [-0.15, -0.1) is 0 Å². The average molecular weight is 152 g/mol. The van der Waals surface area contributed by atoms with Gasteiger partial charge in [-0.25, -0.2) is 0 Å². The van der Waals surface area contributed by atoms with Gasteiger partial charge in [-0.3, -0.25) is 9.98 Å². The Morgan fingerprint density at radius 1 is 1.36 bits per heavy atom. The molecule has 0 aromatic heterocycles. The Morgan fingerprint density at radius 2 is 1.91 bits per heavy atom. The van der Waals surface area contributed by atoms with Crippen molar-refractivity contribution in [1.82, 2.24) is 0 Å². The van der Waals surface area contributed by atoms with Gasteiger partial charge < -0.3 is 0 Å². The lowest BCUT2D eigenvalue weighted by Gasteiger charge is -2.09. The van der Waals surface area contributed by atoms with Crippen LogP contribution in [0, 0.1) is 5.92 Å². The van der Waals surface area contributed by atoms with E-state index in [1.165, 1.54) is 0 Å². The van der Waals surface area contributed by atoms with E-state index in [9.17, 15) is 0 Å². The molecule has 1 unspecified atom stereocenters. The van der Waals surface area contributed by atoms with Crippen molar-refractivity contribution in [3.63, 3.8) is 0 Å². The molecule has 0 rings (SSSR count). The molecule has 62 valence electrons. The van der Waals surface area contributed by atoms with Crippen molar-refractivity contribution in [2.75, 3.05) is 0 Å². The van der Waals surface area contributed by atoms with E-state index in [4.69, 9.17) is 0 Å². The lowest BCUT2D eigenvalue weighted by molar-refractivity contribution is 0.641. The second-order valence-corrected chi connectivity index (χ2v) is 2.60. The fourth-order valence-electron chi connectivity index (χ4n) is 0.901. The van der Waals surface area contributed by atoms with E-state index in [1.807, 2.05) is 6.92 Å². The van der Waals surface area contributed by atoms with Gasteiger partial charge in [0.15, 0.2) is 0 Å². The van der Waals surface area contributed by atoms with Crippen LogP contribution in [0.1, 0.15) is 27.2 Å². The van der Waals surface area contributed by atoms with Gasteiger partial charge >= 0.3 is 0 Å². The molecule has 0 aliphatic rings. The van der Waals surface area contributed by atoms with E-state index in [-0.39, 0.29) is 0 Å². The summed E-state index contributed by atoms with van der Waals surface area (Å²) in [6.07, 6.45) is 1.06. The minimum absolute atomic E-state index is 0.429. The minimum Gasteiger partial charge on any atom is -0.267 e. The molecule has 0 fully saturated rings. The molecule has 0 heterocycles. The van der Waals surface area contributed by atoms with Crippen LogP contribution in [0.5, 0.6) is 0 Å². The Kier molecular flexibility index (Phi) is 4.42. The second-order valence-electron chi connectivity index (χ2n) is 2.60. The van der Waals surface area contributed by atoms with Crippen LogP contribution < -0.4 is 0 Å². The fraction of sp³-hybridized carbons (Fsp3) is 0.556. The van der Waals surface area contributed by atoms with Crippen LogP contribution in [0.15, 0.2) is 21.4 Å². The molecular formula is C9H16N2. The van der Waals surface area contributed by atoms with E-state index in [0.717, 1.165) is 17.8 Å². The van der Waals surface area contributed by atoms with Gasteiger partial charge in [-0.2, -0.15) is 0 Å². The molecule has 2 heteroatoms. The molecule has 0 aromatic carbocycles. The van der Waals surface area contributed by atoms with Crippen LogP contribution >= 0.6 is 0 Å². The lowest BCUT2D eigenvalue weighted by atomic mass is 10.0. The van der Waals surface area contributed by atoms with Gasteiger partial charge in [0.25, 0.3) is 0 Å². The highest BCUT2D eigenvalue weighted by Gasteiger charge is 2.06. The first-order valence-corrected chi connectivity index (χ1v) is 3.81. The maximum absolute atomic E-state index is 3.93. The highest BCUT2D eigenvalue weighted by atomic mass is 14.8. The highest BCUT2D eigenvalue weighted by molar-refractivity contribution is 5.34. The van der Waals surface area contributed by atoms with Crippen molar-refractivity contribution in [2.45, 2.75) is 27.2 Å². The second kappa shape index (κ2) is 4.83. The van der Waals surface area contributed by atoms with Crippen molar-refractivity contribution < 1.29 is 0 Å². The van der Waals surface area contributed by atoms with Gasteiger partial charge in [0.2, 0.25) is 0 Å². The summed E-state index contributed by atoms with van der Waals surface area (Å²) in [5.74, 6) is 0.429. The molecule has 0 radical (unpaired) electrons. The Morgan fingerprint density at radius 3 is 2.18 bits per heavy atom. The molecule has 0 saturated heterocycles. The first-order valence-electron chi connectivity index (χ1n) is 3.81. The summed E-state index contributed by atoms with van der Waals surface area (Å²) in [4.78, 5) is 7.75. The smallest absolute Gasteiger partial charge is 0.0635 e. The lowest BCUT2D eigenvalue weighted by Crippen LogP contribution is -1.97. The summed E-state index contributed by atoms with van der Waals surface area (Å²) >= 11 is 0. The van der Waals surface area contributed by atoms with E-state index in [1.54, 1.807) is 0 Å². The summed E-state index contributed by atoms with van der Waals surface area (Å²) < 4.78 is 0. The van der Waals surface area contributed by atoms with E-state index >= 15 is 0 Å². The summed E-state index contributed by atoms with van der Waals surface area (Å²) in [7, 11) is 0. The molecule has 2 nitrogen and oxygen atoms in total. The highest BCUT2D eigenvalue weighted by Crippen LogP contribution is 2.19. The Labute approximate surface area is 68.8 Å². The SMILES string of the molecule is C=N/C(C)=C(\N=C)C(C)CC. The Hall–Kier alpha value is -0.920. The van der Waals surface area contributed by atoms with Crippen LogP contribution in [0.3, 0.4) is 0 Å². The van der Waals surface area contributed by atoms with Crippen LogP contribution in [-0.2, 0) is 0 Å². The maximum Gasteiger partial charge on any atom is 0.0635 e. The zero-order valence-electron chi connectivity index (χ0n) is 7.59. The monoisotopic (exact) mass is 152 g/mol. The molecule has 0 aromatic rings. The van der Waals surface area contributed by atoms with Crippen LogP contribution in [0.2, 0.25) is 0 Å². The normalized spacial score (nSPS) is 15.2. The molecule has 0 amide bonds. The van der Waals surface area contributed by atoms with Crippen molar-refractivity contribution in [1.29, 1.82) is 0 Å². The van der Waals surface area contributed by atoms with Crippen molar-refractivity contribution in [3.8, 4) is 0 Å². The van der Waals surface area contributed by atoms with Gasteiger partial charge in [0, 0.05) is 0 Å². The third-order valence-corrected chi connectivity index (χ3v) is 1.86. The number of hydrogen-bond donors (Lipinski definition) is 0.